The molecule has 3 heteroatoms. The first-order valence-electron chi connectivity index (χ1n) is 5.55. The second-order valence-corrected chi connectivity index (χ2v) is 3.91. The van der Waals surface area contributed by atoms with E-state index in [4.69, 9.17) is 4.74 Å². The molecule has 0 unspecified atom stereocenters. The van der Waals surface area contributed by atoms with Crippen molar-refractivity contribution in [2.45, 2.75) is 20.3 Å². The molecule has 0 spiro atoms. The third kappa shape index (κ3) is 2.09. The second-order valence-electron chi connectivity index (χ2n) is 3.91. The van der Waals surface area contributed by atoms with Crippen molar-refractivity contribution in [2.24, 2.45) is 0 Å². The Balaban J connectivity index is 2.65. The van der Waals surface area contributed by atoms with Crippen molar-refractivity contribution in [3.63, 3.8) is 0 Å². The quantitative estimate of drug-likeness (QED) is 0.636. The van der Waals surface area contributed by atoms with E-state index in [2.05, 4.69) is 0 Å². The van der Waals surface area contributed by atoms with Crippen LogP contribution in [0.15, 0.2) is 30.3 Å². The molecular weight excluding hydrogens is 216 g/mol. The number of hydrogen-bond acceptors (Lipinski definition) is 3. The van der Waals surface area contributed by atoms with E-state index in [-0.39, 0.29) is 11.7 Å². The lowest BCUT2D eigenvalue weighted by Gasteiger charge is -2.11. The minimum Gasteiger partial charge on any atom is -0.507 e. The molecule has 2 rings (SSSR count). The van der Waals surface area contributed by atoms with E-state index in [0.717, 1.165) is 10.9 Å². The number of carbonyl (C=O) groups is 1. The molecule has 0 aliphatic heterocycles. The fourth-order valence-electron chi connectivity index (χ4n) is 1.79. The highest BCUT2D eigenvalue weighted by molar-refractivity contribution is 5.95. The van der Waals surface area contributed by atoms with Crippen LogP contribution in [0.3, 0.4) is 0 Å². The summed E-state index contributed by atoms with van der Waals surface area (Å²) in [7, 11) is 0. The van der Waals surface area contributed by atoms with E-state index < -0.39 is 0 Å². The van der Waals surface area contributed by atoms with Gasteiger partial charge in [0.15, 0.2) is 0 Å². The van der Waals surface area contributed by atoms with Crippen LogP contribution in [0.4, 0.5) is 0 Å². The summed E-state index contributed by atoms with van der Waals surface area (Å²) in [5.41, 5.74) is 0.753. The molecule has 1 N–H and O–H groups in total. The Bertz CT molecular complexity index is 573. The number of fused-ring (bicyclic) bond motifs is 1. The molecule has 0 atom stereocenters. The van der Waals surface area contributed by atoms with E-state index >= 15 is 0 Å². The summed E-state index contributed by atoms with van der Waals surface area (Å²) in [5, 5.41) is 11.3. The van der Waals surface area contributed by atoms with Gasteiger partial charge >= 0.3 is 5.97 Å². The van der Waals surface area contributed by atoms with Gasteiger partial charge in [-0.15, -0.1) is 0 Å². The highest BCUT2D eigenvalue weighted by Crippen LogP contribution is 2.35. The van der Waals surface area contributed by atoms with Crippen molar-refractivity contribution < 1.29 is 14.6 Å². The lowest BCUT2D eigenvalue weighted by molar-refractivity contribution is -0.133. The first-order valence-corrected chi connectivity index (χ1v) is 5.55. The molecule has 3 nitrogen and oxygen atoms in total. The minimum atomic E-state index is -0.274. The van der Waals surface area contributed by atoms with Crippen LogP contribution < -0.4 is 4.74 Å². The van der Waals surface area contributed by atoms with Crippen LogP contribution in [0.25, 0.3) is 10.8 Å². The Morgan fingerprint density at radius 1 is 1.29 bits per heavy atom. The highest BCUT2D eigenvalue weighted by Gasteiger charge is 2.12. The maximum absolute atomic E-state index is 11.4. The number of rotatable bonds is 2. The SMILES string of the molecule is CCC(=O)Oc1c(C)cc(O)c2ccccc12. The average molecular weight is 230 g/mol. The monoisotopic (exact) mass is 230 g/mol. The first kappa shape index (κ1) is 11.5. The zero-order chi connectivity index (χ0) is 12.4. The van der Waals surface area contributed by atoms with Gasteiger partial charge in [0.25, 0.3) is 0 Å². The molecule has 88 valence electrons. The Morgan fingerprint density at radius 3 is 2.59 bits per heavy atom. The van der Waals surface area contributed by atoms with E-state index in [1.165, 1.54) is 0 Å². The zero-order valence-corrected chi connectivity index (χ0v) is 9.86. The maximum atomic E-state index is 11.4. The third-order valence-corrected chi connectivity index (χ3v) is 2.66. The van der Waals surface area contributed by atoms with Crippen LogP contribution in [-0.4, -0.2) is 11.1 Å². The predicted molar refractivity (Wildman–Crippen MR) is 66.3 cm³/mol. The summed E-state index contributed by atoms with van der Waals surface area (Å²) in [6.07, 6.45) is 0.328. The zero-order valence-electron chi connectivity index (χ0n) is 9.86. The Hall–Kier alpha value is -2.03. The molecule has 17 heavy (non-hydrogen) atoms. The van der Waals surface area contributed by atoms with E-state index in [9.17, 15) is 9.90 Å². The maximum Gasteiger partial charge on any atom is 0.310 e. The van der Waals surface area contributed by atoms with Gasteiger partial charge in [-0.2, -0.15) is 0 Å². The van der Waals surface area contributed by atoms with Crippen molar-refractivity contribution in [1.29, 1.82) is 0 Å². The molecule has 0 saturated carbocycles. The normalized spacial score (nSPS) is 10.5. The number of esters is 1. The molecule has 0 heterocycles. The van der Waals surface area contributed by atoms with Gasteiger partial charge in [-0.1, -0.05) is 31.2 Å². The second kappa shape index (κ2) is 4.45. The number of carbonyl (C=O) groups excluding carboxylic acids is 1. The molecule has 0 fully saturated rings. The van der Waals surface area contributed by atoms with Crippen LogP contribution in [0.2, 0.25) is 0 Å². The van der Waals surface area contributed by atoms with Crippen molar-refractivity contribution in [3.05, 3.63) is 35.9 Å². The fraction of sp³-hybridized carbons (Fsp3) is 0.214. The standard InChI is InChI=1S/C14H14O3/c1-3-13(16)17-14-9(2)8-12(15)10-6-4-5-7-11(10)14/h4-8,15H,3H2,1-2H3. The molecule has 0 aliphatic rings. The van der Waals surface area contributed by atoms with Crippen LogP contribution in [-0.2, 0) is 4.79 Å². The van der Waals surface area contributed by atoms with Crippen molar-refractivity contribution >= 4 is 16.7 Å². The summed E-state index contributed by atoms with van der Waals surface area (Å²) in [6.45, 7) is 3.56. The topological polar surface area (TPSA) is 46.5 Å². The molecule has 0 radical (unpaired) electrons. The van der Waals surface area contributed by atoms with Crippen LogP contribution in [0.1, 0.15) is 18.9 Å². The molecule has 2 aromatic rings. The highest BCUT2D eigenvalue weighted by atomic mass is 16.5. The molecule has 0 saturated heterocycles. The van der Waals surface area contributed by atoms with Gasteiger partial charge in [0.2, 0.25) is 0 Å². The van der Waals surface area contributed by atoms with Crippen molar-refractivity contribution in [2.75, 3.05) is 0 Å². The predicted octanol–water partition coefficient (Wildman–Crippen LogP) is 3.17. The number of aromatic hydroxyl groups is 1. The van der Waals surface area contributed by atoms with Crippen LogP contribution >= 0.6 is 0 Å². The number of phenols is 1. The molecule has 0 amide bonds. The first-order chi connectivity index (χ1) is 8.13. The fourth-order valence-corrected chi connectivity index (χ4v) is 1.79. The minimum absolute atomic E-state index is 0.203. The van der Waals surface area contributed by atoms with Crippen LogP contribution in [0.5, 0.6) is 11.5 Å². The number of ether oxygens (including phenoxy) is 1. The van der Waals surface area contributed by atoms with Gasteiger partial charge in [-0.05, 0) is 18.6 Å². The van der Waals surface area contributed by atoms with Gasteiger partial charge in [-0.25, -0.2) is 0 Å². The summed E-state index contributed by atoms with van der Waals surface area (Å²) < 4.78 is 5.31. The lowest BCUT2D eigenvalue weighted by atomic mass is 10.0. The number of aryl methyl sites for hydroxylation is 1. The van der Waals surface area contributed by atoms with E-state index in [1.54, 1.807) is 19.1 Å². The van der Waals surface area contributed by atoms with Gasteiger partial charge in [0, 0.05) is 17.2 Å². The summed E-state index contributed by atoms with van der Waals surface area (Å²) in [4.78, 5) is 11.4. The van der Waals surface area contributed by atoms with E-state index in [1.807, 2.05) is 25.1 Å². The summed E-state index contributed by atoms with van der Waals surface area (Å²) in [6, 6.07) is 8.93. The van der Waals surface area contributed by atoms with Gasteiger partial charge in [0.05, 0.1) is 0 Å². The number of benzene rings is 2. The van der Waals surface area contributed by atoms with E-state index in [0.29, 0.717) is 17.6 Å². The Kier molecular flexibility index (Phi) is 3.00. The average Bonchev–Trinajstić information content (AvgIpc) is 2.34. The third-order valence-electron chi connectivity index (χ3n) is 2.66. The van der Waals surface area contributed by atoms with Gasteiger partial charge in [0.1, 0.15) is 11.5 Å². The lowest BCUT2D eigenvalue weighted by Crippen LogP contribution is -2.07. The molecular formula is C14H14O3. The molecule has 0 aliphatic carbocycles. The Labute approximate surface area is 99.6 Å². The van der Waals surface area contributed by atoms with Crippen molar-refractivity contribution in [1.82, 2.24) is 0 Å². The molecule has 0 bridgehead atoms. The van der Waals surface area contributed by atoms with Crippen LogP contribution in [0, 0.1) is 6.92 Å². The number of hydrogen-bond donors (Lipinski definition) is 1. The Morgan fingerprint density at radius 2 is 1.94 bits per heavy atom. The summed E-state index contributed by atoms with van der Waals surface area (Å²) >= 11 is 0. The number of phenolic OH excluding ortho intramolecular Hbond substituents is 1. The smallest absolute Gasteiger partial charge is 0.310 e. The summed E-state index contributed by atoms with van der Waals surface area (Å²) in [5.74, 6) is 0.462. The van der Waals surface area contributed by atoms with Gasteiger partial charge < -0.3 is 9.84 Å². The van der Waals surface area contributed by atoms with Gasteiger partial charge in [-0.3, -0.25) is 4.79 Å². The largest absolute Gasteiger partial charge is 0.507 e. The van der Waals surface area contributed by atoms with Crippen molar-refractivity contribution in [3.8, 4) is 11.5 Å². The molecule has 0 aromatic heterocycles. The molecule has 2 aromatic carbocycles.